The molecule has 3 rings (SSSR count). The minimum Gasteiger partial charge on any atom is -0.507 e. The summed E-state index contributed by atoms with van der Waals surface area (Å²) in [6, 6.07) is 15.3. The van der Waals surface area contributed by atoms with E-state index in [1.54, 1.807) is 6.07 Å². The van der Waals surface area contributed by atoms with E-state index in [1.165, 1.54) is 12.8 Å². The molecule has 2 aromatic rings. The Morgan fingerprint density at radius 2 is 1.90 bits per heavy atom. The summed E-state index contributed by atoms with van der Waals surface area (Å²) in [5, 5.41) is 10.1. The Bertz CT molecular complexity index is 593. The summed E-state index contributed by atoms with van der Waals surface area (Å²) in [4.78, 5) is 0. The van der Waals surface area contributed by atoms with Crippen LogP contribution in [0.4, 0.5) is 0 Å². The van der Waals surface area contributed by atoms with Gasteiger partial charge < -0.3 is 15.6 Å². The second-order valence-corrected chi connectivity index (χ2v) is 5.78. The summed E-state index contributed by atoms with van der Waals surface area (Å²) in [6.45, 7) is 0.494. The quantitative estimate of drug-likeness (QED) is 0.848. The van der Waals surface area contributed by atoms with E-state index in [9.17, 15) is 5.11 Å². The van der Waals surface area contributed by atoms with Gasteiger partial charge in [0.05, 0.1) is 0 Å². The molecule has 0 spiro atoms. The molecule has 0 bridgehead atoms. The highest BCUT2D eigenvalue weighted by Crippen LogP contribution is 2.39. The zero-order valence-corrected chi connectivity index (χ0v) is 12.0. The van der Waals surface area contributed by atoms with Gasteiger partial charge in [0.2, 0.25) is 0 Å². The van der Waals surface area contributed by atoms with Gasteiger partial charge in [0.25, 0.3) is 0 Å². The average molecular weight is 283 g/mol. The molecule has 0 saturated heterocycles. The first kappa shape index (κ1) is 14.0. The van der Waals surface area contributed by atoms with Crippen molar-refractivity contribution in [1.29, 1.82) is 0 Å². The molecule has 21 heavy (non-hydrogen) atoms. The number of rotatable bonds is 6. The second-order valence-electron chi connectivity index (χ2n) is 5.78. The first-order chi connectivity index (χ1) is 10.2. The second kappa shape index (κ2) is 6.19. The largest absolute Gasteiger partial charge is 0.507 e. The van der Waals surface area contributed by atoms with E-state index in [4.69, 9.17) is 10.5 Å². The third kappa shape index (κ3) is 3.76. The zero-order valence-electron chi connectivity index (χ0n) is 12.0. The van der Waals surface area contributed by atoms with Crippen LogP contribution in [0, 0.1) is 5.92 Å². The first-order valence-corrected chi connectivity index (χ1v) is 7.47. The highest BCUT2D eigenvalue weighted by molar-refractivity contribution is 5.41. The molecule has 3 heteroatoms. The van der Waals surface area contributed by atoms with Gasteiger partial charge in [-0.25, -0.2) is 0 Å². The third-order valence-electron chi connectivity index (χ3n) is 3.93. The number of ether oxygens (including phenoxy) is 1. The van der Waals surface area contributed by atoms with Crippen LogP contribution in [0.5, 0.6) is 11.5 Å². The minimum absolute atomic E-state index is 0.0827. The Balaban J connectivity index is 1.63. The lowest BCUT2D eigenvalue weighted by atomic mass is 10.0. The summed E-state index contributed by atoms with van der Waals surface area (Å²) in [7, 11) is 0. The summed E-state index contributed by atoms with van der Waals surface area (Å²) in [5.74, 6) is 1.64. The smallest absolute Gasteiger partial charge is 0.124 e. The lowest BCUT2D eigenvalue weighted by molar-refractivity contribution is 0.304. The van der Waals surface area contributed by atoms with Gasteiger partial charge in [0, 0.05) is 17.7 Å². The van der Waals surface area contributed by atoms with Crippen LogP contribution in [0.2, 0.25) is 0 Å². The lowest BCUT2D eigenvalue weighted by Crippen LogP contribution is -2.11. The molecule has 0 aromatic heterocycles. The van der Waals surface area contributed by atoms with Crippen LogP contribution in [0.15, 0.2) is 48.5 Å². The van der Waals surface area contributed by atoms with Crippen LogP contribution in [0.3, 0.4) is 0 Å². The number of hydrogen-bond donors (Lipinski definition) is 2. The van der Waals surface area contributed by atoms with E-state index >= 15 is 0 Å². The average Bonchev–Trinajstić information content (AvgIpc) is 3.30. The molecule has 2 aromatic carbocycles. The molecule has 0 unspecified atom stereocenters. The van der Waals surface area contributed by atoms with Gasteiger partial charge in [-0.15, -0.1) is 0 Å². The molecule has 1 aliphatic carbocycles. The van der Waals surface area contributed by atoms with Crippen molar-refractivity contribution < 1.29 is 9.84 Å². The van der Waals surface area contributed by atoms with Crippen molar-refractivity contribution in [2.75, 3.05) is 0 Å². The first-order valence-electron chi connectivity index (χ1n) is 7.47. The van der Waals surface area contributed by atoms with Crippen molar-refractivity contribution in [1.82, 2.24) is 0 Å². The monoisotopic (exact) mass is 283 g/mol. The van der Waals surface area contributed by atoms with E-state index in [1.807, 2.05) is 42.5 Å². The molecule has 1 fully saturated rings. The van der Waals surface area contributed by atoms with Gasteiger partial charge >= 0.3 is 0 Å². The fourth-order valence-electron chi connectivity index (χ4n) is 2.51. The molecule has 3 nitrogen and oxygen atoms in total. The van der Waals surface area contributed by atoms with E-state index in [0.717, 1.165) is 23.5 Å². The van der Waals surface area contributed by atoms with E-state index in [2.05, 4.69) is 0 Å². The molecule has 1 saturated carbocycles. The molecule has 0 aliphatic heterocycles. The van der Waals surface area contributed by atoms with Crippen LogP contribution in [-0.4, -0.2) is 5.11 Å². The molecule has 0 amide bonds. The Morgan fingerprint density at radius 3 is 2.57 bits per heavy atom. The number of benzene rings is 2. The van der Waals surface area contributed by atoms with E-state index in [-0.39, 0.29) is 11.8 Å². The van der Waals surface area contributed by atoms with Crippen molar-refractivity contribution >= 4 is 0 Å². The van der Waals surface area contributed by atoms with Crippen molar-refractivity contribution in [3.05, 3.63) is 59.7 Å². The molecular formula is C18H21NO2. The van der Waals surface area contributed by atoms with Gasteiger partial charge in [-0.2, -0.15) is 0 Å². The zero-order chi connectivity index (χ0) is 14.7. The van der Waals surface area contributed by atoms with E-state index in [0.29, 0.717) is 12.4 Å². The Hall–Kier alpha value is -2.00. The SMILES string of the molecule is N[C@H](CC1CC1)c1ccc(OCc2ccccc2)cc1O. The van der Waals surface area contributed by atoms with Crippen LogP contribution < -0.4 is 10.5 Å². The van der Waals surface area contributed by atoms with Gasteiger partial charge in [0.1, 0.15) is 18.1 Å². The fraction of sp³-hybridized carbons (Fsp3) is 0.333. The van der Waals surface area contributed by atoms with Crippen LogP contribution in [0.25, 0.3) is 0 Å². The number of phenols is 1. The fourth-order valence-corrected chi connectivity index (χ4v) is 2.51. The number of phenolic OH excluding ortho intramolecular Hbond substituents is 1. The molecule has 0 radical (unpaired) electrons. The highest BCUT2D eigenvalue weighted by atomic mass is 16.5. The number of aromatic hydroxyl groups is 1. The van der Waals surface area contributed by atoms with Crippen LogP contribution >= 0.6 is 0 Å². The van der Waals surface area contributed by atoms with Gasteiger partial charge in [-0.05, 0) is 24.0 Å². The van der Waals surface area contributed by atoms with Gasteiger partial charge in [-0.1, -0.05) is 49.2 Å². The maximum absolute atomic E-state index is 10.1. The summed E-state index contributed by atoms with van der Waals surface area (Å²) >= 11 is 0. The Morgan fingerprint density at radius 1 is 1.14 bits per heavy atom. The standard InChI is InChI=1S/C18H21NO2/c19-17(10-13-6-7-13)16-9-8-15(11-18(16)20)21-12-14-4-2-1-3-5-14/h1-5,8-9,11,13,17,20H,6-7,10,12,19H2/t17-/m1/s1. The van der Waals surface area contributed by atoms with Crippen molar-refractivity contribution in [3.8, 4) is 11.5 Å². The predicted molar refractivity (Wildman–Crippen MR) is 83.2 cm³/mol. The lowest BCUT2D eigenvalue weighted by Gasteiger charge is -2.14. The molecule has 1 atom stereocenters. The van der Waals surface area contributed by atoms with Crippen molar-refractivity contribution in [2.45, 2.75) is 31.9 Å². The molecule has 3 N–H and O–H groups in total. The Labute approximate surface area is 125 Å². The highest BCUT2D eigenvalue weighted by Gasteiger charge is 2.25. The van der Waals surface area contributed by atoms with Crippen molar-refractivity contribution in [2.24, 2.45) is 11.7 Å². The molecule has 1 aliphatic rings. The summed E-state index contributed by atoms with van der Waals surface area (Å²) in [5.41, 5.74) is 8.07. The number of nitrogens with two attached hydrogens (primary N) is 1. The summed E-state index contributed by atoms with van der Waals surface area (Å²) < 4.78 is 5.70. The molecular weight excluding hydrogens is 262 g/mol. The van der Waals surface area contributed by atoms with Crippen LogP contribution in [0.1, 0.15) is 36.4 Å². The maximum atomic E-state index is 10.1. The normalized spacial score (nSPS) is 15.7. The van der Waals surface area contributed by atoms with Gasteiger partial charge in [-0.3, -0.25) is 0 Å². The van der Waals surface area contributed by atoms with Gasteiger partial charge in [0.15, 0.2) is 0 Å². The van der Waals surface area contributed by atoms with Crippen LogP contribution in [-0.2, 0) is 6.61 Å². The maximum Gasteiger partial charge on any atom is 0.124 e. The van der Waals surface area contributed by atoms with E-state index < -0.39 is 0 Å². The van der Waals surface area contributed by atoms with Crippen molar-refractivity contribution in [3.63, 3.8) is 0 Å². The predicted octanol–water partition coefficient (Wildman–Crippen LogP) is 3.77. The molecule has 0 heterocycles. The topological polar surface area (TPSA) is 55.5 Å². The minimum atomic E-state index is -0.0827. The molecule has 110 valence electrons. The number of hydrogen-bond acceptors (Lipinski definition) is 3. The summed E-state index contributed by atoms with van der Waals surface area (Å²) in [6.07, 6.45) is 3.50. The Kier molecular flexibility index (Phi) is 4.11. The third-order valence-corrected chi connectivity index (χ3v) is 3.93.